The maximum Gasteiger partial charge on any atom is 0.229 e. The van der Waals surface area contributed by atoms with Crippen molar-refractivity contribution in [2.75, 3.05) is 18.1 Å². The Kier molecular flexibility index (Phi) is 3.88. The van der Waals surface area contributed by atoms with Crippen molar-refractivity contribution in [3.8, 4) is 11.4 Å². The van der Waals surface area contributed by atoms with Gasteiger partial charge in [0.2, 0.25) is 17.0 Å². The number of furan rings is 1. The molecule has 1 aliphatic heterocycles. The Bertz CT molecular complexity index is 707. The number of imide groups is 1. The largest absolute Gasteiger partial charge is 0.469 e. The topological polar surface area (TPSA) is 107 Å². The molecule has 0 atom stereocenters. The van der Waals surface area contributed by atoms with Gasteiger partial charge in [0.25, 0.3) is 0 Å². The highest BCUT2D eigenvalue weighted by Gasteiger charge is 2.28. The summed E-state index contributed by atoms with van der Waals surface area (Å²) < 4.78 is 6.62. The van der Waals surface area contributed by atoms with E-state index in [1.807, 2.05) is 6.92 Å². The van der Waals surface area contributed by atoms with E-state index in [-0.39, 0.29) is 11.8 Å². The first-order valence-corrected chi connectivity index (χ1v) is 7.77. The molecule has 1 saturated heterocycles. The van der Waals surface area contributed by atoms with Gasteiger partial charge in [-0.3, -0.25) is 14.5 Å². The Morgan fingerprint density at radius 1 is 1.32 bits per heavy atom. The molecule has 2 aromatic rings. The average Bonchev–Trinajstić information content (AvgIpc) is 3.15. The number of aryl methyl sites for hydroxylation is 1. The number of hydrogen-bond donors (Lipinski definition) is 1. The first-order chi connectivity index (χ1) is 10.6. The third-order valence-electron chi connectivity index (χ3n) is 3.47. The van der Waals surface area contributed by atoms with Crippen LogP contribution in [0.25, 0.3) is 11.4 Å². The number of hydrogen-bond acceptors (Lipinski definition) is 7. The highest BCUT2D eigenvalue weighted by Crippen LogP contribution is 2.25. The molecular formula is C13H15N5O3S. The summed E-state index contributed by atoms with van der Waals surface area (Å²) in [6, 6.07) is 1.78. The number of nitrogen functional groups attached to an aromatic ring is 1. The fourth-order valence-electron chi connectivity index (χ4n) is 2.28. The van der Waals surface area contributed by atoms with Crippen molar-refractivity contribution in [1.82, 2.24) is 19.8 Å². The monoisotopic (exact) mass is 321 g/mol. The lowest BCUT2D eigenvalue weighted by Gasteiger charge is -2.12. The number of nitrogens with two attached hydrogens (primary N) is 1. The molecule has 3 rings (SSSR count). The van der Waals surface area contributed by atoms with E-state index in [2.05, 4.69) is 10.2 Å². The highest BCUT2D eigenvalue weighted by molar-refractivity contribution is 7.99. The van der Waals surface area contributed by atoms with E-state index in [1.165, 1.54) is 21.3 Å². The van der Waals surface area contributed by atoms with Gasteiger partial charge in [-0.05, 0) is 13.0 Å². The van der Waals surface area contributed by atoms with Crippen molar-refractivity contribution in [1.29, 1.82) is 0 Å². The maximum atomic E-state index is 11.5. The molecule has 9 heteroatoms. The molecule has 0 aromatic carbocycles. The van der Waals surface area contributed by atoms with E-state index in [0.29, 0.717) is 41.9 Å². The van der Waals surface area contributed by atoms with E-state index in [1.54, 1.807) is 12.3 Å². The smallest absolute Gasteiger partial charge is 0.229 e. The second kappa shape index (κ2) is 5.84. The first kappa shape index (κ1) is 14.6. The molecule has 0 aliphatic carbocycles. The fourth-order valence-corrected chi connectivity index (χ4v) is 3.06. The van der Waals surface area contributed by atoms with Crippen LogP contribution in [-0.4, -0.2) is 43.9 Å². The number of amides is 2. The number of carbonyl (C=O) groups is 2. The predicted molar refractivity (Wildman–Crippen MR) is 79.3 cm³/mol. The van der Waals surface area contributed by atoms with Crippen molar-refractivity contribution < 1.29 is 14.0 Å². The lowest BCUT2D eigenvalue weighted by Crippen LogP contribution is -2.31. The van der Waals surface area contributed by atoms with Gasteiger partial charge in [0, 0.05) is 25.1 Å². The Labute approximate surface area is 130 Å². The van der Waals surface area contributed by atoms with Gasteiger partial charge in [-0.15, -0.1) is 10.2 Å². The zero-order valence-corrected chi connectivity index (χ0v) is 12.8. The van der Waals surface area contributed by atoms with Gasteiger partial charge in [0.1, 0.15) is 5.76 Å². The van der Waals surface area contributed by atoms with E-state index in [4.69, 9.17) is 10.3 Å². The molecular weight excluding hydrogens is 306 g/mol. The van der Waals surface area contributed by atoms with E-state index in [9.17, 15) is 9.59 Å². The predicted octanol–water partition coefficient (Wildman–Crippen LogP) is 0.801. The van der Waals surface area contributed by atoms with Crippen LogP contribution < -0.4 is 5.84 Å². The van der Waals surface area contributed by atoms with Gasteiger partial charge in [-0.2, -0.15) is 0 Å². The number of likely N-dealkylation sites (tertiary alicyclic amines) is 1. The van der Waals surface area contributed by atoms with Crippen LogP contribution in [0.15, 0.2) is 21.9 Å². The molecule has 0 unspecified atom stereocenters. The van der Waals surface area contributed by atoms with Crippen molar-refractivity contribution in [3.63, 3.8) is 0 Å². The fraction of sp³-hybridized carbons (Fsp3) is 0.385. The Morgan fingerprint density at radius 3 is 2.68 bits per heavy atom. The van der Waals surface area contributed by atoms with Crippen LogP contribution in [0.1, 0.15) is 18.6 Å². The van der Waals surface area contributed by atoms with Gasteiger partial charge >= 0.3 is 0 Å². The number of thioether (sulfide) groups is 1. The highest BCUT2D eigenvalue weighted by atomic mass is 32.2. The second-order valence-electron chi connectivity index (χ2n) is 4.85. The Morgan fingerprint density at radius 2 is 2.05 bits per heavy atom. The summed E-state index contributed by atoms with van der Waals surface area (Å²) >= 11 is 1.35. The van der Waals surface area contributed by atoms with Crippen LogP contribution in [-0.2, 0) is 9.59 Å². The molecule has 0 radical (unpaired) electrons. The number of carbonyl (C=O) groups excluding carboxylic acids is 2. The minimum Gasteiger partial charge on any atom is -0.469 e. The van der Waals surface area contributed by atoms with E-state index < -0.39 is 0 Å². The van der Waals surface area contributed by atoms with Crippen molar-refractivity contribution >= 4 is 23.6 Å². The van der Waals surface area contributed by atoms with Gasteiger partial charge in [0.05, 0.1) is 11.8 Å². The van der Waals surface area contributed by atoms with Gasteiger partial charge in [-0.25, -0.2) is 4.68 Å². The minimum absolute atomic E-state index is 0.116. The molecule has 2 N–H and O–H groups in total. The van der Waals surface area contributed by atoms with Crippen LogP contribution in [0, 0.1) is 6.92 Å². The maximum absolute atomic E-state index is 11.5. The van der Waals surface area contributed by atoms with Crippen LogP contribution >= 0.6 is 11.8 Å². The summed E-state index contributed by atoms with van der Waals surface area (Å²) in [7, 11) is 0. The number of nitrogens with zero attached hydrogens (tertiary/aromatic N) is 4. The van der Waals surface area contributed by atoms with E-state index in [0.717, 1.165) is 5.56 Å². The lowest BCUT2D eigenvalue weighted by molar-refractivity contribution is -0.137. The third kappa shape index (κ3) is 2.59. The molecule has 22 heavy (non-hydrogen) atoms. The zero-order valence-electron chi connectivity index (χ0n) is 12.0. The Balaban J connectivity index is 1.65. The SMILES string of the molecule is Cc1occc1-c1nnc(SCCN2C(=O)CCC2=O)n1N. The molecule has 0 spiro atoms. The molecule has 2 amide bonds. The summed E-state index contributed by atoms with van der Waals surface area (Å²) in [6.45, 7) is 2.18. The Hall–Kier alpha value is -2.29. The van der Waals surface area contributed by atoms with Gasteiger partial charge in [0.15, 0.2) is 5.82 Å². The number of rotatable bonds is 5. The molecule has 1 aliphatic rings. The van der Waals surface area contributed by atoms with Crippen molar-refractivity contribution in [2.45, 2.75) is 24.9 Å². The molecule has 3 heterocycles. The van der Waals surface area contributed by atoms with Crippen LogP contribution in [0.2, 0.25) is 0 Å². The number of aromatic nitrogens is 3. The summed E-state index contributed by atoms with van der Waals surface area (Å²) in [4.78, 5) is 24.3. The summed E-state index contributed by atoms with van der Waals surface area (Å²) in [5.74, 6) is 7.51. The molecule has 116 valence electrons. The minimum atomic E-state index is -0.116. The van der Waals surface area contributed by atoms with Gasteiger partial charge in [-0.1, -0.05) is 11.8 Å². The standard InChI is InChI=1S/C13H15N5O3S/c1-8-9(4-6-21-8)12-15-16-13(18(12)14)22-7-5-17-10(19)2-3-11(17)20/h4,6H,2-3,5,7,14H2,1H3. The molecule has 1 fully saturated rings. The molecule has 0 saturated carbocycles. The normalized spacial score (nSPS) is 15.0. The zero-order chi connectivity index (χ0) is 15.7. The van der Waals surface area contributed by atoms with Crippen LogP contribution in [0.4, 0.5) is 0 Å². The van der Waals surface area contributed by atoms with Crippen molar-refractivity contribution in [2.24, 2.45) is 0 Å². The lowest BCUT2D eigenvalue weighted by atomic mass is 10.2. The molecule has 2 aromatic heterocycles. The quantitative estimate of drug-likeness (QED) is 0.493. The molecule has 8 nitrogen and oxygen atoms in total. The van der Waals surface area contributed by atoms with Crippen LogP contribution in [0.5, 0.6) is 0 Å². The average molecular weight is 321 g/mol. The van der Waals surface area contributed by atoms with E-state index >= 15 is 0 Å². The summed E-state index contributed by atoms with van der Waals surface area (Å²) in [6.07, 6.45) is 2.18. The third-order valence-corrected chi connectivity index (χ3v) is 4.39. The molecule has 0 bridgehead atoms. The van der Waals surface area contributed by atoms with Gasteiger partial charge < -0.3 is 10.3 Å². The second-order valence-corrected chi connectivity index (χ2v) is 5.92. The summed E-state index contributed by atoms with van der Waals surface area (Å²) in [5.41, 5.74) is 0.784. The summed E-state index contributed by atoms with van der Waals surface area (Å²) in [5, 5.41) is 8.62. The van der Waals surface area contributed by atoms with Crippen LogP contribution in [0.3, 0.4) is 0 Å². The van der Waals surface area contributed by atoms with Crippen molar-refractivity contribution in [3.05, 3.63) is 18.1 Å². The first-order valence-electron chi connectivity index (χ1n) is 6.79.